The molecule has 2 rings (SSSR count). The van der Waals surface area contributed by atoms with Crippen molar-refractivity contribution in [1.29, 1.82) is 0 Å². The second-order valence-electron chi connectivity index (χ2n) is 6.31. The van der Waals surface area contributed by atoms with Crippen molar-refractivity contribution in [2.45, 2.75) is 51.6 Å². The molecule has 2 fully saturated rings. The molecule has 1 N–H and O–H groups in total. The molecule has 2 aliphatic rings. The van der Waals surface area contributed by atoms with Crippen LogP contribution in [0.1, 0.15) is 39.5 Å². The van der Waals surface area contributed by atoms with Gasteiger partial charge in [0.05, 0.1) is 0 Å². The van der Waals surface area contributed by atoms with Crippen LogP contribution in [0.3, 0.4) is 0 Å². The fourth-order valence-electron chi connectivity index (χ4n) is 3.25. The van der Waals surface area contributed by atoms with E-state index in [2.05, 4.69) is 22.2 Å². The van der Waals surface area contributed by atoms with E-state index in [4.69, 9.17) is 0 Å². The second kappa shape index (κ2) is 7.23. The maximum Gasteiger partial charge on any atom is 0.246 e. The molecule has 1 unspecified atom stereocenters. The number of carbonyl (C=O) groups is 1. The topological polar surface area (TPSA) is 35.6 Å². The maximum absolute atomic E-state index is 12.0. The first kappa shape index (κ1) is 15.5. The molecule has 0 aromatic carbocycles. The van der Waals surface area contributed by atoms with Crippen LogP contribution in [0, 0.1) is 0 Å². The van der Waals surface area contributed by atoms with Gasteiger partial charge in [-0.1, -0.05) is 6.08 Å². The SMILES string of the molecule is C/C=C(\C)C(=O)NC1CCCN(C2CCN(C)CC2)C1. The van der Waals surface area contributed by atoms with Crippen molar-refractivity contribution in [2.75, 3.05) is 33.2 Å². The van der Waals surface area contributed by atoms with Gasteiger partial charge in [-0.3, -0.25) is 9.69 Å². The molecule has 114 valence electrons. The minimum absolute atomic E-state index is 0.0997. The largest absolute Gasteiger partial charge is 0.348 e. The molecular weight excluding hydrogens is 250 g/mol. The lowest BCUT2D eigenvalue weighted by Crippen LogP contribution is -2.53. The van der Waals surface area contributed by atoms with Crippen LogP contribution in [0.5, 0.6) is 0 Å². The molecular formula is C16H29N3O. The summed E-state index contributed by atoms with van der Waals surface area (Å²) in [6.07, 6.45) is 6.74. The third-order valence-corrected chi connectivity index (χ3v) is 4.78. The number of amides is 1. The Bertz CT molecular complexity index is 359. The fourth-order valence-corrected chi connectivity index (χ4v) is 3.25. The Hall–Kier alpha value is -0.870. The lowest BCUT2D eigenvalue weighted by Gasteiger charge is -2.41. The number of likely N-dealkylation sites (tertiary alicyclic amines) is 2. The molecule has 0 radical (unpaired) electrons. The highest BCUT2D eigenvalue weighted by molar-refractivity contribution is 5.92. The van der Waals surface area contributed by atoms with Crippen LogP contribution in [0.15, 0.2) is 11.6 Å². The summed E-state index contributed by atoms with van der Waals surface area (Å²) >= 11 is 0. The number of allylic oxidation sites excluding steroid dienone is 1. The Morgan fingerprint density at radius 2 is 1.90 bits per heavy atom. The van der Waals surface area contributed by atoms with Gasteiger partial charge in [-0.25, -0.2) is 0 Å². The highest BCUT2D eigenvalue weighted by Crippen LogP contribution is 2.20. The fraction of sp³-hybridized carbons (Fsp3) is 0.812. The lowest BCUT2D eigenvalue weighted by molar-refractivity contribution is -0.118. The minimum Gasteiger partial charge on any atom is -0.348 e. The van der Waals surface area contributed by atoms with Gasteiger partial charge in [-0.15, -0.1) is 0 Å². The van der Waals surface area contributed by atoms with E-state index in [0.29, 0.717) is 12.1 Å². The van der Waals surface area contributed by atoms with E-state index < -0.39 is 0 Å². The molecule has 0 aromatic heterocycles. The van der Waals surface area contributed by atoms with E-state index in [1.54, 1.807) is 0 Å². The molecule has 2 saturated heterocycles. The number of hydrogen-bond donors (Lipinski definition) is 1. The molecule has 1 amide bonds. The Morgan fingerprint density at radius 1 is 1.20 bits per heavy atom. The van der Waals surface area contributed by atoms with Crippen LogP contribution < -0.4 is 5.32 Å². The van der Waals surface area contributed by atoms with Crippen molar-refractivity contribution in [3.8, 4) is 0 Å². The average molecular weight is 279 g/mol. The molecule has 4 heteroatoms. The Labute approximate surface area is 123 Å². The van der Waals surface area contributed by atoms with Gasteiger partial charge in [-0.05, 0) is 66.2 Å². The monoisotopic (exact) mass is 279 g/mol. The van der Waals surface area contributed by atoms with Crippen LogP contribution in [0.4, 0.5) is 0 Å². The van der Waals surface area contributed by atoms with E-state index in [1.165, 1.54) is 38.9 Å². The lowest BCUT2D eigenvalue weighted by atomic mass is 9.98. The van der Waals surface area contributed by atoms with Gasteiger partial charge in [0.25, 0.3) is 0 Å². The Kier molecular flexibility index (Phi) is 5.61. The van der Waals surface area contributed by atoms with Crippen LogP contribution in [0.2, 0.25) is 0 Å². The molecule has 0 spiro atoms. The summed E-state index contributed by atoms with van der Waals surface area (Å²) in [6.45, 7) is 8.43. The average Bonchev–Trinajstić information content (AvgIpc) is 2.47. The molecule has 2 aliphatic heterocycles. The van der Waals surface area contributed by atoms with Crippen molar-refractivity contribution >= 4 is 5.91 Å². The zero-order valence-corrected chi connectivity index (χ0v) is 13.2. The summed E-state index contributed by atoms with van der Waals surface area (Å²) < 4.78 is 0. The summed E-state index contributed by atoms with van der Waals surface area (Å²) in [6, 6.07) is 1.04. The zero-order chi connectivity index (χ0) is 14.5. The first-order valence-electron chi connectivity index (χ1n) is 7.96. The van der Waals surface area contributed by atoms with Crippen LogP contribution in [-0.4, -0.2) is 61.0 Å². The van der Waals surface area contributed by atoms with E-state index >= 15 is 0 Å². The van der Waals surface area contributed by atoms with Gasteiger partial charge >= 0.3 is 0 Å². The van der Waals surface area contributed by atoms with E-state index in [-0.39, 0.29) is 5.91 Å². The number of rotatable bonds is 3. The Morgan fingerprint density at radius 3 is 2.55 bits per heavy atom. The summed E-state index contributed by atoms with van der Waals surface area (Å²) in [7, 11) is 2.20. The molecule has 2 heterocycles. The normalized spacial score (nSPS) is 27.6. The first-order valence-corrected chi connectivity index (χ1v) is 7.96. The van der Waals surface area contributed by atoms with Crippen molar-refractivity contribution in [3.63, 3.8) is 0 Å². The van der Waals surface area contributed by atoms with Crippen molar-refractivity contribution in [3.05, 3.63) is 11.6 Å². The van der Waals surface area contributed by atoms with Crippen LogP contribution in [-0.2, 0) is 4.79 Å². The molecule has 4 nitrogen and oxygen atoms in total. The summed E-state index contributed by atoms with van der Waals surface area (Å²) in [5, 5.41) is 3.19. The smallest absolute Gasteiger partial charge is 0.246 e. The number of carbonyl (C=O) groups excluding carboxylic acids is 1. The molecule has 0 saturated carbocycles. The standard InChI is InChI=1S/C16H29N3O/c1-4-13(2)16(20)17-14-6-5-9-19(12-14)15-7-10-18(3)11-8-15/h4,14-15H,5-12H2,1-3H3,(H,17,20)/b13-4+. The van der Waals surface area contributed by atoms with Gasteiger partial charge in [0.15, 0.2) is 0 Å². The van der Waals surface area contributed by atoms with Gasteiger partial charge in [0.1, 0.15) is 0 Å². The second-order valence-corrected chi connectivity index (χ2v) is 6.31. The molecule has 0 bridgehead atoms. The van der Waals surface area contributed by atoms with Gasteiger partial charge in [0, 0.05) is 24.2 Å². The number of nitrogens with zero attached hydrogens (tertiary/aromatic N) is 2. The van der Waals surface area contributed by atoms with Crippen molar-refractivity contribution in [2.24, 2.45) is 0 Å². The summed E-state index contributed by atoms with van der Waals surface area (Å²) in [5.74, 6) is 0.0997. The number of hydrogen-bond acceptors (Lipinski definition) is 3. The summed E-state index contributed by atoms with van der Waals surface area (Å²) in [4.78, 5) is 17.0. The third kappa shape index (κ3) is 4.06. The first-order chi connectivity index (χ1) is 9.60. The predicted molar refractivity (Wildman–Crippen MR) is 82.7 cm³/mol. The van der Waals surface area contributed by atoms with Crippen molar-refractivity contribution in [1.82, 2.24) is 15.1 Å². The zero-order valence-electron chi connectivity index (χ0n) is 13.2. The van der Waals surface area contributed by atoms with E-state index in [0.717, 1.165) is 18.5 Å². The molecule has 1 atom stereocenters. The number of piperidine rings is 2. The van der Waals surface area contributed by atoms with Gasteiger partial charge < -0.3 is 10.2 Å². The highest BCUT2D eigenvalue weighted by atomic mass is 16.1. The highest BCUT2D eigenvalue weighted by Gasteiger charge is 2.28. The predicted octanol–water partition coefficient (Wildman–Crippen LogP) is 1.63. The Balaban J connectivity index is 1.84. The van der Waals surface area contributed by atoms with Crippen molar-refractivity contribution < 1.29 is 4.79 Å². The van der Waals surface area contributed by atoms with E-state index in [1.807, 2.05) is 19.9 Å². The maximum atomic E-state index is 12.0. The summed E-state index contributed by atoms with van der Waals surface area (Å²) in [5.41, 5.74) is 0.821. The molecule has 0 aromatic rings. The molecule has 20 heavy (non-hydrogen) atoms. The van der Waals surface area contributed by atoms with Gasteiger partial charge in [-0.2, -0.15) is 0 Å². The quantitative estimate of drug-likeness (QED) is 0.798. The molecule has 0 aliphatic carbocycles. The number of nitrogens with one attached hydrogen (secondary N) is 1. The minimum atomic E-state index is 0.0997. The van der Waals surface area contributed by atoms with Gasteiger partial charge in [0.2, 0.25) is 5.91 Å². The van der Waals surface area contributed by atoms with E-state index in [9.17, 15) is 4.79 Å². The van der Waals surface area contributed by atoms with Crippen LogP contribution in [0.25, 0.3) is 0 Å². The third-order valence-electron chi connectivity index (χ3n) is 4.78. The van der Waals surface area contributed by atoms with Crippen LogP contribution >= 0.6 is 0 Å².